The van der Waals surface area contributed by atoms with Gasteiger partial charge < -0.3 is 0 Å². The molecule has 4 aromatic rings. The fourth-order valence-corrected chi connectivity index (χ4v) is 11.5. The molecule has 2 heteroatoms. The maximum atomic E-state index is 10.0. The molecule has 4 rings (SSSR count). The topological polar surface area (TPSA) is 17.1 Å². The van der Waals surface area contributed by atoms with Crippen molar-refractivity contribution in [3.8, 4) is 0 Å². The summed E-state index contributed by atoms with van der Waals surface area (Å²) in [6, 6.07) is 42.1. The van der Waals surface area contributed by atoms with Crippen LogP contribution in [0.2, 0.25) is 0 Å². The van der Waals surface area contributed by atoms with Crippen LogP contribution in [0.1, 0.15) is 10.4 Å². The number of hydrogen-bond donors (Lipinski definition) is 0. The summed E-state index contributed by atoms with van der Waals surface area (Å²) >= 11 is -2.14. The Bertz CT molecular complexity index is 829. The number of rotatable bonds is 4. The Kier molecular flexibility index (Phi) is 7.43. The molecule has 0 bridgehead atoms. The molecule has 0 aliphatic rings. The zero-order valence-electron chi connectivity index (χ0n) is 15.1. The summed E-state index contributed by atoms with van der Waals surface area (Å²) in [6.45, 7) is 0. The van der Waals surface area contributed by atoms with E-state index < -0.39 is 19.8 Å². The molecule has 0 saturated heterocycles. The minimum atomic E-state index is -2.14. The second kappa shape index (κ2) is 10.5. The second-order valence-corrected chi connectivity index (χ2v) is 14.4. The fraction of sp³-hybridized carbons (Fsp3) is 0. The molecule has 0 N–H and O–H groups in total. The van der Waals surface area contributed by atoms with Crippen molar-refractivity contribution in [2.24, 2.45) is 0 Å². The quantitative estimate of drug-likeness (QED) is 0.339. The van der Waals surface area contributed by atoms with Gasteiger partial charge in [-0.2, -0.15) is 0 Å². The van der Waals surface area contributed by atoms with E-state index in [9.17, 15) is 4.79 Å². The molecule has 4 aromatic carbocycles. The van der Waals surface area contributed by atoms with Crippen LogP contribution in [0.25, 0.3) is 0 Å². The van der Waals surface area contributed by atoms with Crippen LogP contribution in [0.5, 0.6) is 0 Å². The summed E-state index contributed by atoms with van der Waals surface area (Å²) in [5.41, 5.74) is 0.729. The average Bonchev–Trinajstić information content (AvgIpc) is 2.77. The Morgan fingerprint density at radius 3 is 1.00 bits per heavy atom. The summed E-state index contributed by atoms with van der Waals surface area (Å²) in [5, 5.41) is 0. The van der Waals surface area contributed by atoms with Gasteiger partial charge in [0.1, 0.15) is 6.29 Å². The molecule has 0 fully saturated rings. The molecule has 0 saturated carbocycles. The maximum absolute atomic E-state index is 10.0. The van der Waals surface area contributed by atoms with E-state index in [2.05, 4.69) is 91.0 Å². The van der Waals surface area contributed by atoms with Crippen molar-refractivity contribution in [1.29, 1.82) is 0 Å². The van der Waals surface area contributed by atoms with E-state index in [0.29, 0.717) is 0 Å². The van der Waals surface area contributed by atoms with Gasteiger partial charge in [-0.05, 0) is 0 Å². The predicted octanol–water partition coefficient (Wildman–Crippen LogP) is 3.43. The van der Waals surface area contributed by atoms with E-state index in [1.54, 1.807) is 22.9 Å². The summed E-state index contributed by atoms with van der Waals surface area (Å²) in [4.78, 5) is 10.0. The normalized spacial score (nSPS) is 9.96. The molecule has 27 heavy (non-hydrogen) atoms. The van der Waals surface area contributed by atoms with Crippen LogP contribution < -0.4 is 10.7 Å². The van der Waals surface area contributed by atoms with Crippen LogP contribution in [0, 0.1) is 0 Å². The van der Waals surface area contributed by atoms with Crippen LogP contribution in [0.3, 0.4) is 0 Å². The van der Waals surface area contributed by atoms with Crippen molar-refractivity contribution in [1.82, 2.24) is 0 Å². The van der Waals surface area contributed by atoms with Crippen molar-refractivity contribution in [2.75, 3.05) is 0 Å². The standard InChI is InChI=1S/C7H6O.3C6H5.Sn.H/c8-6-7-4-2-1-3-5-7;3*1-2-4-6-5-3-1;;/h1-6H;3*1-5H;;. The van der Waals surface area contributed by atoms with Gasteiger partial charge >= 0.3 is 121 Å². The van der Waals surface area contributed by atoms with E-state index in [4.69, 9.17) is 0 Å². The third-order valence-electron chi connectivity index (χ3n) is 4.33. The van der Waals surface area contributed by atoms with E-state index in [-0.39, 0.29) is 0 Å². The van der Waals surface area contributed by atoms with Crippen LogP contribution in [0.4, 0.5) is 0 Å². The van der Waals surface area contributed by atoms with Crippen molar-refractivity contribution in [2.45, 2.75) is 0 Å². The molecular weight excluding hydrogens is 435 g/mol. The molecule has 0 radical (unpaired) electrons. The minimum absolute atomic E-state index is 0.729. The predicted molar refractivity (Wildman–Crippen MR) is 117 cm³/mol. The molecule has 0 aliphatic heterocycles. The molecule has 1 nitrogen and oxygen atoms in total. The van der Waals surface area contributed by atoms with Gasteiger partial charge in [-0.15, -0.1) is 0 Å². The average molecular weight is 457 g/mol. The molecule has 0 aromatic heterocycles. The van der Waals surface area contributed by atoms with Gasteiger partial charge in [0.25, 0.3) is 0 Å². The van der Waals surface area contributed by atoms with E-state index in [1.165, 1.54) is 0 Å². The Morgan fingerprint density at radius 2 is 0.741 bits per heavy atom. The molecule has 0 aliphatic carbocycles. The van der Waals surface area contributed by atoms with Gasteiger partial charge in [0.05, 0.1) is 0 Å². The van der Waals surface area contributed by atoms with Crippen LogP contribution in [-0.2, 0) is 0 Å². The first kappa shape index (κ1) is 19.1. The van der Waals surface area contributed by atoms with Crippen molar-refractivity contribution < 1.29 is 4.79 Å². The summed E-state index contributed by atoms with van der Waals surface area (Å²) in [7, 11) is 0. The Balaban J connectivity index is 0.000000221. The molecular formula is C25H22OSn. The Morgan fingerprint density at radius 1 is 0.444 bits per heavy atom. The number of carbonyl (C=O) groups excluding carboxylic acids is 1. The SMILES string of the molecule is O=Cc1ccccc1.c1cc[c]([SnH]([c]2ccccc2)[c]2ccccc2)cc1. The summed E-state index contributed by atoms with van der Waals surface area (Å²) < 4.78 is 4.63. The van der Waals surface area contributed by atoms with Crippen LogP contribution >= 0.6 is 0 Å². The zero-order chi connectivity index (χ0) is 18.7. The molecule has 0 unspecified atom stereocenters. The monoisotopic (exact) mass is 458 g/mol. The Hall–Kier alpha value is -2.65. The van der Waals surface area contributed by atoms with Gasteiger partial charge in [0, 0.05) is 5.56 Å². The van der Waals surface area contributed by atoms with Gasteiger partial charge in [0.2, 0.25) is 0 Å². The number of benzene rings is 4. The van der Waals surface area contributed by atoms with Crippen LogP contribution in [0.15, 0.2) is 121 Å². The molecule has 132 valence electrons. The Labute approximate surface area is 168 Å². The third kappa shape index (κ3) is 5.66. The molecule has 0 spiro atoms. The number of carbonyl (C=O) groups is 1. The second-order valence-electron chi connectivity index (χ2n) is 6.19. The van der Waals surface area contributed by atoms with E-state index >= 15 is 0 Å². The zero-order valence-corrected chi connectivity index (χ0v) is 18.4. The molecule has 0 atom stereocenters. The molecule has 0 heterocycles. The van der Waals surface area contributed by atoms with Gasteiger partial charge in [0.15, 0.2) is 0 Å². The van der Waals surface area contributed by atoms with Crippen molar-refractivity contribution >= 4 is 36.8 Å². The first-order chi connectivity index (χ1) is 13.4. The fourth-order valence-electron chi connectivity index (χ4n) is 3.05. The summed E-state index contributed by atoms with van der Waals surface area (Å²) in [6.07, 6.45) is 0.833. The number of aldehydes is 1. The summed E-state index contributed by atoms with van der Waals surface area (Å²) in [5.74, 6) is 0. The van der Waals surface area contributed by atoms with Gasteiger partial charge in [-0.3, -0.25) is 4.79 Å². The van der Waals surface area contributed by atoms with Gasteiger partial charge in [-0.1, -0.05) is 30.3 Å². The van der Waals surface area contributed by atoms with Crippen LogP contribution in [-0.4, -0.2) is 26.0 Å². The van der Waals surface area contributed by atoms with E-state index in [0.717, 1.165) is 11.8 Å². The first-order valence-electron chi connectivity index (χ1n) is 9.03. The van der Waals surface area contributed by atoms with Crippen molar-refractivity contribution in [3.05, 3.63) is 127 Å². The first-order valence-corrected chi connectivity index (χ1v) is 14.0. The van der Waals surface area contributed by atoms with Crippen molar-refractivity contribution in [3.63, 3.8) is 0 Å². The van der Waals surface area contributed by atoms with E-state index in [1.807, 2.05) is 18.2 Å². The van der Waals surface area contributed by atoms with Gasteiger partial charge in [-0.25, -0.2) is 0 Å². The third-order valence-corrected chi connectivity index (χ3v) is 13.3. The molecule has 0 amide bonds. The number of hydrogen-bond acceptors (Lipinski definition) is 1.